The minimum Gasteiger partial charge on any atom is -0.354 e. The molecule has 1 aliphatic heterocycles. The van der Waals surface area contributed by atoms with Gasteiger partial charge in [0, 0.05) is 6.54 Å². The Labute approximate surface area is 102 Å². The van der Waals surface area contributed by atoms with Gasteiger partial charge < -0.3 is 10.6 Å². The van der Waals surface area contributed by atoms with Crippen LogP contribution in [0.4, 0.5) is 5.69 Å². The van der Waals surface area contributed by atoms with Crippen LogP contribution in [0, 0.1) is 0 Å². The maximum atomic E-state index is 5.99. The number of benzene rings is 1. The standard InChI is InChI=1S/C9H8Cl3N3/c10-5-3-7(12)8(4-6(5)11)15-9-13-1-2-14-9/h3-4H,1-2H2,(H2,13,14,15). The normalized spacial score (nSPS) is 14.7. The molecular weight excluding hydrogens is 256 g/mol. The Balaban J connectivity index is 2.24. The number of halogens is 3. The van der Waals surface area contributed by atoms with Crippen LogP contribution in [0.15, 0.2) is 17.1 Å². The number of nitrogens with zero attached hydrogens (tertiary/aromatic N) is 1. The summed E-state index contributed by atoms with van der Waals surface area (Å²) < 4.78 is 0. The summed E-state index contributed by atoms with van der Waals surface area (Å²) in [5.74, 6) is 0.704. The third kappa shape index (κ3) is 2.48. The SMILES string of the molecule is Clc1cc(Cl)c(NC2=NCCN2)cc1Cl. The van der Waals surface area contributed by atoms with E-state index in [4.69, 9.17) is 34.8 Å². The fourth-order valence-electron chi connectivity index (χ4n) is 1.23. The summed E-state index contributed by atoms with van der Waals surface area (Å²) in [6.07, 6.45) is 0. The molecule has 1 aliphatic rings. The van der Waals surface area contributed by atoms with Gasteiger partial charge in [-0.15, -0.1) is 0 Å². The van der Waals surface area contributed by atoms with E-state index in [1.54, 1.807) is 12.1 Å². The molecule has 80 valence electrons. The highest BCUT2D eigenvalue weighted by Gasteiger charge is 2.09. The van der Waals surface area contributed by atoms with E-state index in [9.17, 15) is 0 Å². The molecule has 0 unspecified atom stereocenters. The molecule has 6 heteroatoms. The Morgan fingerprint density at radius 2 is 1.87 bits per heavy atom. The van der Waals surface area contributed by atoms with E-state index < -0.39 is 0 Å². The third-order valence-electron chi connectivity index (χ3n) is 1.94. The summed E-state index contributed by atoms with van der Waals surface area (Å²) in [6.45, 7) is 1.60. The first-order chi connectivity index (χ1) is 7.16. The molecule has 15 heavy (non-hydrogen) atoms. The van der Waals surface area contributed by atoms with Crippen LogP contribution in [0.25, 0.3) is 0 Å². The molecule has 0 fully saturated rings. The Hall–Kier alpha value is -0.640. The van der Waals surface area contributed by atoms with Gasteiger partial charge in [-0.2, -0.15) is 0 Å². The zero-order valence-electron chi connectivity index (χ0n) is 7.65. The maximum Gasteiger partial charge on any atom is 0.195 e. The lowest BCUT2D eigenvalue weighted by atomic mass is 10.3. The molecule has 0 atom stereocenters. The average molecular weight is 265 g/mol. The molecule has 0 spiro atoms. The van der Waals surface area contributed by atoms with Gasteiger partial charge in [0.15, 0.2) is 5.96 Å². The van der Waals surface area contributed by atoms with E-state index in [1.807, 2.05) is 0 Å². The number of aliphatic imine (C=N–C) groups is 1. The van der Waals surface area contributed by atoms with Gasteiger partial charge >= 0.3 is 0 Å². The van der Waals surface area contributed by atoms with Crippen molar-refractivity contribution >= 4 is 46.4 Å². The lowest BCUT2D eigenvalue weighted by molar-refractivity contribution is 0.959. The van der Waals surface area contributed by atoms with E-state index in [0.29, 0.717) is 26.7 Å². The van der Waals surface area contributed by atoms with Gasteiger partial charge in [0.05, 0.1) is 27.3 Å². The van der Waals surface area contributed by atoms with Crippen LogP contribution >= 0.6 is 34.8 Å². The Morgan fingerprint density at radius 1 is 1.13 bits per heavy atom. The Bertz CT molecular complexity index is 417. The minimum atomic E-state index is 0.438. The van der Waals surface area contributed by atoms with Crippen LogP contribution in [-0.4, -0.2) is 19.0 Å². The van der Waals surface area contributed by atoms with Crippen LogP contribution in [-0.2, 0) is 0 Å². The van der Waals surface area contributed by atoms with E-state index in [2.05, 4.69) is 15.6 Å². The highest BCUT2D eigenvalue weighted by atomic mass is 35.5. The van der Waals surface area contributed by atoms with Crippen molar-refractivity contribution in [2.24, 2.45) is 4.99 Å². The molecule has 0 radical (unpaired) electrons. The second kappa shape index (κ2) is 4.47. The lowest BCUT2D eigenvalue weighted by Crippen LogP contribution is -2.26. The number of rotatable bonds is 1. The van der Waals surface area contributed by atoms with E-state index in [0.717, 1.165) is 13.1 Å². The Kier molecular flexibility index (Phi) is 3.24. The molecule has 1 heterocycles. The fourth-order valence-corrected chi connectivity index (χ4v) is 1.82. The lowest BCUT2D eigenvalue weighted by Gasteiger charge is -2.09. The smallest absolute Gasteiger partial charge is 0.195 e. The summed E-state index contributed by atoms with van der Waals surface area (Å²) in [7, 11) is 0. The quantitative estimate of drug-likeness (QED) is 0.765. The van der Waals surface area contributed by atoms with Gasteiger partial charge in [-0.25, -0.2) is 0 Å². The zero-order chi connectivity index (χ0) is 10.8. The van der Waals surface area contributed by atoms with Crippen LogP contribution in [0.5, 0.6) is 0 Å². The van der Waals surface area contributed by atoms with Crippen molar-refractivity contribution in [1.29, 1.82) is 0 Å². The monoisotopic (exact) mass is 263 g/mol. The average Bonchev–Trinajstić information content (AvgIpc) is 2.67. The van der Waals surface area contributed by atoms with Crippen molar-refractivity contribution in [3.05, 3.63) is 27.2 Å². The molecule has 1 aromatic carbocycles. The molecule has 0 bridgehead atoms. The summed E-state index contributed by atoms with van der Waals surface area (Å²) in [5, 5.41) is 7.53. The van der Waals surface area contributed by atoms with Crippen LogP contribution in [0.3, 0.4) is 0 Å². The molecule has 3 nitrogen and oxygen atoms in total. The number of hydrogen-bond acceptors (Lipinski definition) is 3. The third-order valence-corrected chi connectivity index (χ3v) is 2.97. The fraction of sp³-hybridized carbons (Fsp3) is 0.222. The largest absolute Gasteiger partial charge is 0.354 e. The number of hydrogen-bond donors (Lipinski definition) is 2. The van der Waals surface area contributed by atoms with Crippen LogP contribution < -0.4 is 10.6 Å². The molecule has 2 N–H and O–H groups in total. The first kappa shape index (κ1) is 10.9. The van der Waals surface area contributed by atoms with E-state index in [-0.39, 0.29) is 0 Å². The number of anilines is 1. The summed E-state index contributed by atoms with van der Waals surface area (Å²) in [4.78, 5) is 4.18. The van der Waals surface area contributed by atoms with Crippen molar-refractivity contribution in [1.82, 2.24) is 5.32 Å². The molecule has 0 aromatic heterocycles. The predicted molar refractivity (Wildman–Crippen MR) is 65.4 cm³/mol. The predicted octanol–water partition coefficient (Wildman–Crippen LogP) is 3.02. The molecular formula is C9H8Cl3N3. The van der Waals surface area contributed by atoms with Gasteiger partial charge in [-0.05, 0) is 12.1 Å². The minimum absolute atomic E-state index is 0.438. The second-order valence-electron chi connectivity index (χ2n) is 3.03. The molecule has 0 amide bonds. The summed E-state index contributed by atoms with van der Waals surface area (Å²) >= 11 is 17.7. The molecule has 0 saturated carbocycles. The number of nitrogens with one attached hydrogen (secondary N) is 2. The van der Waals surface area contributed by atoms with Gasteiger partial charge in [0.25, 0.3) is 0 Å². The summed E-state index contributed by atoms with van der Waals surface area (Å²) in [5.41, 5.74) is 0.694. The summed E-state index contributed by atoms with van der Waals surface area (Å²) in [6, 6.07) is 3.28. The maximum absolute atomic E-state index is 5.99. The Morgan fingerprint density at radius 3 is 2.53 bits per heavy atom. The molecule has 2 rings (SSSR count). The van der Waals surface area contributed by atoms with Gasteiger partial charge in [-0.3, -0.25) is 4.99 Å². The molecule has 0 saturated heterocycles. The first-order valence-electron chi connectivity index (χ1n) is 4.37. The highest BCUT2D eigenvalue weighted by molar-refractivity contribution is 6.44. The second-order valence-corrected chi connectivity index (χ2v) is 4.25. The van der Waals surface area contributed by atoms with E-state index in [1.165, 1.54) is 0 Å². The highest BCUT2D eigenvalue weighted by Crippen LogP contribution is 2.32. The zero-order valence-corrected chi connectivity index (χ0v) is 9.92. The van der Waals surface area contributed by atoms with Crippen molar-refractivity contribution in [2.75, 3.05) is 18.4 Å². The number of guanidine groups is 1. The van der Waals surface area contributed by atoms with Gasteiger partial charge in [-0.1, -0.05) is 34.8 Å². The van der Waals surface area contributed by atoms with Crippen molar-refractivity contribution < 1.29 is 0 Å². The topological polar surface area (TPSA) is 36.4 Å². The van der Waals surface area contributed by atoms with Crippen molar-refractivity contribution in [3.8, 4) is 0 Å². The van der Waals surface area contributed by atoms with Crippen molar-refractivity contribution in [3.63, 3.8) is 0 Å². The van der Waals surface area contributed by atoms with Crippen LogP contribution in [0.2, 0.25) is 15.1 Å². The van der Waals surface area contributed by atoms with Crippen molar-refractivity contribution in [2.45, 2.75) is 0 Å². The molecule has 0 aliphatic carbocycles. The first-order valence-corrected chi connectivity index (χ1v) is 5.50. The molecule has 1 aromatic rings. The van der Waals surface area contributed by atoms with E-state index >= 15 is 0 Å². The van der Waals surface area contributed by atoms with Gasteiger partial charge in [0.1, 0.15) is 0 Å². The van der Waals surface area contributed by atoms with Crippen LogP contribution in [0.1, 0.15) is 0 Å². The van der Waals surface area contributed by atoms with Gasteiger partial charge in [0.2, 0.25) is 0 Å².